The first kappa shape index (κ1) is 14.1. The summed E-state index contributed by atoms with van der Waals surface area (Å²) < 4.78 is 1.06. The van der Waals surface area contributed by atoms with Crippen LogP contribution in [0, 0.1) is 0 Å². The number of amides is 1. The van der Waals surface area contributed by atoms with Gasteiger partial charge in [-0.25, -0.2) is 0 Å². The molecule has 1 heterocycles. The van der Waals surface area contributed by atoms with Gasteiger partial charge in [0.15, 0.2) is 0 Å². The first-order valence-electron chi connectivity index (χ1n) is 5.80. The molecule has 3 nitrogen and oxygen atoms in total. The number of phenols is 1. The number of nitrogens with zero attached hydrogens (tertiary/aromatic N) is 1. The van der Waals surface area contributed by atoms with E-state index in [0.29, 0.717) is 12.1 Å². The van der Waals surface area contributed by atoms with Gasteiger partial charge >= 0.3 is 0 Å². The third-order valence-electron chi connectivity index (χ3n) is 2.80. The van der Waals surface area contributed by atoms with Gasteiger partial charge in [0.2, 0.25) is 5.91 Å². The summed E-state index contributed by atoms with van der Waals surface area (Å²) in [4.78, 5) is 13.7. The minimum absolute atomic E-state index is 0.0103. The first-order valence-corrected chi connectivity index (χ1v) is 7.47. The normalized spacial score (nSPS) is 10.4. The zero-order valence-electron chi connectivity index (χ0n) is 10.5. The first-order chi connectivity index (χ1) is 9.06. The number of para-hydroxylation sites is 1. The third kappa shape index (κ3) is 3.81. The zero-order valence-corrected chi connectivity index (χ0v) is 12.9. The van der Waals surface area contributed by atoms with E-state index in [0.717, 1.165) is 9.35 Å². The SMILES string of the molecule is CN(Cc1csc(Br)c1)C(=O)Cc1ccccc1O. The summed E-state index contributed by atoms with van der Waals surface area (Å²) in [6, 6.07) is 8.93. The molecule has 1 aromatic carbocycles. The van der Waals surface area contributed by atoms with Crippen LogP contribution in [0.2, 0.25) is 0 Å². The van der Waals surface area contributed by atoms with Gasteiger partial charge in [-0.2, -0.15) is 0 Å². The molecule has 0 radical (unpaired) electrons. The maximum atomic E-state index is 12.1. The largest absolute Gasteiger partial charge is 0.508 e. The molecular weight excluding hydrogens is 326 g/mol. The predicted octanol–water partition coefficient (Wildman–Crippen LogP) is 3.42. The molecule has 1 aromatic heterocycles. The van der Waals surface area contributed by atoms with Crippen LogP contribution in [0.5, 0.6) is 5.75 Å². The van der Waals surface area contributed by atoms with Crippen LogP contribution < -0.4 is 0 Å². The standard InChI is InChI=1S/C14H14BrNO2S/c1-16(8-10-6-13(15)19-9-10)14(18)7-11-4-2-3-5-12(11)17/h2-6,9,17H,7-8H2,1H3. The van der Waals surface area contributed by atoms with Crippen molar-refractivity contribution in [3.8, 4) is 5.75 Å². The van der Waals surface area contributed by atoms with Gasteiger partial charge in [-0.1, -0.05) is 18.2 Å². The van der Waals surface area contributed by atoms with Crippen LogP contribution in [0.3, 0.4) is 0 Å². The van der Waals surface area contributed by atoms with Crippen LogP contribution in [0.15, 0.2) is 39.5 Å². The second kappa shape index (κ2) is 6.21. The smallest absolute Gasteiger partial charge is 0.227 e. The molecule has 2 aromatic rings. The summed E-state index contributed by atoms with van der Waals surface area (Å²) in [5.41, 5.74) is 1.76. The van der Waals surface area contributed by atoms with E-state index in [1.807, 2.05) is 17.5 Å². The Kier molecular flexibility index (Phi) is 4.61. The van der Waals surface area contributed by atoms with Crippen LogP contribution in [-0.2, 0) is 17.8 Å². The molecule has 2 rings (SSSR count). The Balaban J connectivity index is 1.98. The lowest BCUT2D eigenvalue weighted by molar-refractivity contribution is -0.129. The van der Waals surface area contributed by atoms with Crippen LogP contribution >= 0.6 is 27.3 Å². The Morgan fingerprint density at radius 1 is 1.42 bits per heavy atom. The highest BCUT2D eigenvalue weighted by Gasteiger charge is 2.12. The quantitative estimate of drug-likeness (QED) is 0.927. The van der Waals surface area contributed by atoms with E-state index in [9.17, 15) is 9.90 Å². The van der Waals surface area contributed by atoms with Gasteiger partial charge in [-0.3, -0.25) is 4.79 Å². The van der Waals surface area contributed by atoms with Crippen molar-refractivity contribution in [2.75, 3.05) is 7.05 Å². The summed E-state index contributed by atoms with van der Waals surface area (Å²) in [5.74, 6) is 0.159. The minimum atomic E-state index is -0.0103. The summed E-state index contributed by atoms with van der Waals surface area (Å²) in [6.07, 6.45) is 0.217. The fraction of sp³-hybridized carbons (Fsp3) is 0.214. The molecule has 0 aliphatic heterocycles. The van der Waals surface area contributed by atoms with E-state index < -0.39 is 0 Å². The minimum Gasteiger partial charge on any atom is -0.508 e. The van der Waals surface area contributed by atoms with Crippen LogP contribution in [0.1, 0.15) is 11.1 Å². The van der Waals surface area contributed by atoms with Gasteiger partial charge < -0.3 is 10.0 Å². The van der Waals surface area contributed by atoms with Gasteiger partial charge in [0.25, 0.3) is 0 Å². The van der Waals surface area contributed by atoms with Crippen molar-refractivity contribution in [1.82, 2.24) is 4.90 Å². The number of thiophene rings is 1. The molecule has 0 fully saturated rings. The number of benzene rings is 1. The Bertz CT molecular complexity index is 582. The van der Waals surface area contributed by atoms with Gasteiger partial charge in [0.05, 0.1) is 10.2 Å². The van der Waals surface area contributed by atoms with Crippen molar-refractivity contribution in [3.63, 3.8) is 0 Å². The maximum Gasteiger partial charge on any atom is 0.227 e. The Morgan fingerprint density at radius 2 is 2.16 bits per heavy atom. The van der Waals surface area contributed by atoms with Crippen molar-refractivity contribution >= 4 is 33.2 Å². The van der Waals surface area contributed by atoms with Crippen LogP contribution in [0.25, 0.3) is 0 Å². The summed E-state index contributed by atoms with van der Waals surface area (Å²) in [7, 11) is 1.77. The Morgan fingerprint density at radius 3 is 2.79 bits per heavy atom. The van der Waals surface area contributed by atoms with Gasteiger partial charge in [0.1, 0.15) is 5.75 Å². The molecule has 1 N–H and O–H groups in total. The second-order valence-corrected chi connectivity index (χ2v) is 6.60. The molecular formula is C14H14BrNO2S. The Labute approximate surface area is 124 Å². The fourth-order valence-electron chi connectivity index (χ4n) is 1.75. The molecule has 0 aliphatic carbocycles. The van der Waals surface area contributed by atoms with E-state index in [4.69, 9.17) is 0 Å². The Hall–Kier alpha value is -1.33. The number of rotatable bonds is 4. The summed E-state index contributed by atoms with van der Waals surface area (Å²) >= 11 is 5.01. The maximum absolute atomic E-state index is 12.1. The number of halogens is 1. The third-order valence-corrected chi connectivity index (χ3v) is 4.35. The van der Waals surface area contributed by atoms with E-state index in [1.165, 1.54) is 0 Å². The van der Waals surface area contributed by atoms with E-state index >= 15 is 0 Å². The lowest BCUT2D eigenvalue weighted by Crippen LogP contribution is -2.27. The lowest BCUT2D eigenvalue weighted by atomic mass is 10.1. The van der Waals surface area contributed by atoms with Gasteiger partial charge in [-0.05, 0) is 39.0 Å². The van der Waals surface area contributed by atoms with E-state index in [2.05, 4.69) is 15.9 Å². The van der Waals surface area contributed by atoms with Crippen LogP contribution in [0.4, 0.5) is 0 Å². The highest BCUT2D eigenvalue weighted by molar-refractivity contribution is 9.11. The average Bonchev–Trinajstić information content (AvgIpc) is 2.77. The molecule has 19 heavy (non-hydrogen) atoms. The van der Waals surface area contributed by atoms with Crippen molar-refractivity contribution < 1.29 is 9.90 Å². The number of carbonyl (C=O) groups excluding carboxylic acids is 1. The molecule has 0 bridgehead atoms. The summed E-state index contributed by atoms with van der Waals surface area (Å²) in [5, 5.41) is 11.7. The van der Waals surface area contributed by atoms with Gasteiger partial charge in [-0.15, -0.1) is 11.3 Å². The molecule has 0 saturated heterocycles. The molecule has 0 aliphatic rings. The number of likely N-dealkylation sites (N-methyl/N-ethyl adjacent to an activating group) is 1. The molecule has 100 valence electrons. The molecule has 0 atom stereocenters. The molecule has 0 saturated carbocycles. The zero-order chi connectivity index (χ0) is 13.8. The molecule has 0 unspecified atom stereocenters. The summed E-state index contributed by atoms with van der Waals surface area (Å²) in [6.45, 7) is 0.578. The molecule has 1 amide bonds. The van der Waals surface area contributed by atoms with Gasteiger partial charge in [0, 0.05) is 19.2 Å². The van der Waals surface area contributed by atoms with E-state index in [-0.39, 0.29) is 18.1 Å². The monoisotopic (exact) mass is 339 g/mol. The highest BCUT2D eigenvalue weighted by atomic mass is 79.9. The average molecular weight is 340 g/mol. The van der Waals surface area contributed by atoms with E-state index in [1.54, 1.807) is 41.5 Å². The number of phenolic OH excluding ortho intramolecular Hbond substituents is 1. The number of carbonyl (C=O) groups is 1. The second-order valence-electron chi connectivity index (χ2n) is 4.31. The van der Waals surface area contributed by atoms with Crippen LogP contribution in [-0.4, -0.2) is 23.0 Å². The number of hydrogen-bond acceptors (Lipinski definition) is 3. The van der Waals surface area contributed by atoms with Crippen molar-refractivity contribution in [1.29, 1.82) is 0 Å². The highest BCUT2D eigenvalue weighted by Crippen LogP contribution is 2.22. The van der Waals surface area contributed by atoms with Crippen molar-refractivity contribution in [3.05, 3.63) is 50.6 Å². The fourth-order valence-corrected chi connectivity index (χ4v) is 2.95. The van der Waals surface area contributed by atoms with Crippen molar-refractivity contribution in [2.45, 2.75) is 13.0 Å². The predicted molar refractivity (Wildman–Crippen MR) is 80.3 cm³/mol. The molecule has 5 heteroatoms. The lowest BCUT2D eigenvalue weighted by Gasteiger charge is -2.16. The number of aromatic hydroxyl groups is 1. The van der Waals surface area contributed by atoms with Crippen molar-refractivity contribution in [2.24, 2.45) is 0 Å². The number of hydrogen-bond donors (Lipinski definition) is 1. The molecule has 0 spiro atoms. The topological polar surface area (TPSA) is 40.5 Å².